The Morgan fingerprint density at radius 2 is 1.62 bits per heavy atom. The van der Waals surface area contributed by atoms with Gasteiger partial charge in [0.05, 0.1) is 5.54 Å². The highest BCUT2D eigenvalue weighted by molar-refractivity contribution is 5.91. The molecule has 0 aliphatic heterocycles. The lowest BCUT2D eigenvalue weighted by molar-refractivity contribution is 0.305. The fraction of sp³-hybridized carbons (Fsp3) is 0.227. The van der Waals surface area contributed by atoms with E-state index in [4.69, 9.17) is 15.2 Å². The molecule has 4 aromatic rings. The van der Waals surface area contributed by atoms with Crippen molar-refractivity contribution >= 4 is 16.9 Å². The quantitative estimate of drug-likeness (QED) is 0.539. The molecule has 7 nitrogen and oxygen atoms in total. The number of hydrogen-bond acceptors (Lipinski definition) is 6. The van der Waals surface area contributed by atoms with Crippen LogP contribution < -0.4 is 15.2 Å². The van der Waals surface area contributed by atoms with Gasteiger partial charge in [-0.05, 0) is 50.6 Å². The van der Waals surface area contributed by atoms with Crippen LogP contribution in [0.1, 0.15) is 26.3 Å². The first kappa shape index (κ1) is 18.7. The molecule has 0 aliphatic rings. The Kier molecular flexibility index (Phi) is 4.80. The van der Waals surface area contributed by atoms with Crippen molar-refractivity contribution in [3.8, 4) is 17.4 Å². The summed E-state index contributed by atoms with van der Waals surface area (Å²) in [5, 5.41) is 5.20. The van der Waals surface area contributed by atoms with Gasteiger partial charge >= 0.3 is 0 Å². The monoisotopic (exact) mass is 389 g/mol. The van der Waals surface area contributed by atoms with Crippen LogP contribution in [0.4, 0.5) is 5.82 Å². The highest BCUT2D eigenvalue weighted by atomic mass is 16.5. The molecule has 0 bridgehead atoms. The zero-order valence-corrected chi connectivity index (χ0v) is 16.7. The van der Waals surface area contributed by atoms with E-state index in [1.54, 1.807) is 4.68 Å². The van der Waals surface area contributed by atoms with E-state index in [9.17, 15) is 0 Å². The molecule has 0 unspecified atom stereocenters. The minimum absolute atomic E-state index is 0.282. The van der Waals surface area contributed by atoms with E-state index >= 15 is 0 Å². The van der Waals surface area contributed by atoms with Crippen LogP contribution in [-0.4, -0.2) is 19.7 Å². The Balaban J connectivity index is 1.56. The molecule has 29 heavy (non-hydrogen) atoms. The van der Waals surface area contributed by atoms with Gasteiger partial charge in [-0.2, -0.15) is 0 Å². The predicted molar refractivity (Wildman–Crippen MR) is 112 cm³/mol. The van der Waals surface area contributed by atoms with Crippen LogP contribution in [0, 0.1) is 0 Å². The van der Waals surface area contributed by atoms with Crippen LogP contribution in [0.25, 0.3) is 11.0 Å². The molecule has 0 aliphatic carbocycles. The number of ether oxygens (including phenoxy) is 2. The van der Waals surface area contributed by atoms with Crippen LogP contribution in [0.3, 0.4) is 0 Å². The molecule has 2 N–H and O–H groups in total. The molecular weight excluding hydrogens is 366 g/mol. The molecule has 2 heterocycles. The number of anilines is 1. The third kappa shape index (κ3) is 3.99. The minimum atomic E-state index is -0.282. The van der Waals surface area contributed by atoms with Crippen molar-refractivity contribution in [1.82, 2.24) is 19.7 Å². The molecule has 0 atom stereocenters. The van der Waals surface area contributed by atoms with Gasteiger partial charge in [-0.3, -0.25) is 0 Å². The van der Waals surface area contributed by atoms with E-state index in [0.29, 0.717) is 35.1 Å². The maximum absolute atomic E-state index is 6.08. The first-order valence-corrected chi connectivity index (χ1v) is 9.36. The Hall–Kier alpha value is -3.61. The summed E-state index contributed by atoms with van der Waals surface area (Å²) in [5.41, 5.74) is 7.55. The Labute approximate surface area is 169 Å². The lowest BCUT2D eigenvalue weighted by atomic mass is 10.1. The van der Waals surface area contributed by atoms with Crippen molar-refractivity contribution in [3.63, 3.8) is 0 Å². The lowest BCUT2D eigenvalue weighted by Crippen LogP contribution is -2.23. The van der Waals surface area contributed by atoms with Gasteiger partial charge in [-0.25, -0.2) is 14.6 Å². The second kappa shape index (κ2) is 7.43. The van der Waals surface area contributed by atoms with Crippen molar-refractivity contribution in [2.45, 2.75) is 32.9 Å². The van der Waals surface area contributed by atoms with Gasteiger partial charge in [0.25, 0.3) is 5.88 Å². The second-order valence-corrected chi connectivity index (χ2v) is 7.69. The van der Waals surface area contributed by atoms with Crippen molar-refractivity contribution in [2.75, 3.05) is 5.73 Å². The SMILES string of the molecule is CC(C)(C)n1nc(Oc2ccc(OCc3ccccc3)cc2)c2c(N)ncnc21. The summed E-state index contributed by atoms with van der Waals surface area (Å²) in [5.74, 6) is 2.10. The molecule has 2 aromatic carbocycles. The van der Waals surface area contributed by atoms with Gasteiger partial charge in [-0.1, -0.05) is 30.3 Å². The largest absolute Gasteiger partial charge is 0.489 e. The van der Waals surface area contributed by atoms with E-state index in [0.717, 1.165) is 11.3 Å². The normalized spacial score (nSPS) is 11.6. The van der Waals surface area contributed by atoms with E-state index in [2.05, 4.69) is 15.1 Å². The first-order valence-electron chi connectivity index (χ1n) is 9.36. The van der Waals surface area contributed by atoms with Gasteiger partial charge in [-0.15, -0.1) is 5.10 Å². The summed E-state index contributed by atoms with van der Waals surface area (Å²) in [4.78, 5) is 8.43. The zero-order valence-electron chi connectivity index (χ0n) is 16.7. The van der Waals surface area contributed by atoms with E-state index in [1.807, 2.05) is 75.4 Å². The second-order valence-electron chi connectivity index (χ2n) is 7.69. The van der Waals surface area contributed by atoms with Crippen LogP contribution in [-0.2, 0) is 12.1 Å². The number of fused-ring (bicyclic) bond motifs is 1. The number of benzene rings is 2. The molecule has 0 radical (unpaired) electrons. The van der Waals surface area contributed by atoms with E-state index in [1.165, 1.54) is 6.33 Å². The number of nitrogen functional groups attached to an aromatic ring is 1. The predicted octanol–water partition coefficient (Wildman–Crippen LogP) is 4.53. The van der Waals surface area contributed by atoms with Gasteiger partial charge in [0, 0.05) is 0 Å². The third-order valence-electron chi connectivity index (χ3n) is 4.38. The molecule has 7 heteroatoms. The highest BCUT2D eigenvalue weighted by Gasteiger charge is 2.24. The molecule has 148 valence electrons. The summed E-state index contributed by atoms with van der Waals surface area (Å²) >= 11 is 0. The standard InChI is InChI=1S/C22H23N5O2/c1-22(2,3)27-20-18(19(23)24-14-25-20)21(26-27)29-17-11-9-16(10-12-17)28-13-15-7-5-4-6-8-15/h4-12,14H,13H2,1-3H3,(H2,23,24,25). The van der Waals surface area contributed by atoms with Gasteiger partial charge in [0.2, 0.25) is 0 Å². The molecule has 0 saturated heterocycles. The number of nitrogens with zero attached hydrogens (tertiary/aromatic N) is 4. The Morgan fingerprint density at radius 3 is 2.31 bits per heavy atom. The number of aromatic nitrogens is 4. The van der Waals surface area contributed by atoms with Crippen LogP contribution in [0.15, 0.2) is 60.9 Å². The molecule has 4 rings (SSSR count). The summed E-state index contributed by atoms with van der Waals surface area (Å²) < 4.78 is 13.6. The molecule has 0 spiro atoms. The minimum Gasteiger partial charge on any atom is -0.489 e. The summed E-state index contributed by atoms with van der Waals surface area (Å²) in [6.07, 6.45) is 1.43. The Morgan fingerprint density at radius 1 is 0.931 bits per heavy atom. The fourth-order valence-corrected chi connectivity index (χ4v) is 2.94. The van der Waals surface area contributed by atoms with Gasteiger partial charge in [0.1, 0.15) is 35.6 Å². The van der Waals surface area contributed by atoms with E-state index in [-0.39, 0.29) is 5.54 Å². The van der Waals surface area contributed by atoms with Gasteiger partial charge < -0.3 is 15.2 Å². The first-order chi connectivity index (χ1) is 13.9. The van der Waals surface area contributed by atoms with Crippen molar-refractivity contribution < 1.29 is 9.47 Å². The number of hydrogen-bond donors (Lipinski definition) is 1. The van der Waals surface area contributed by atoms with Crippen molar-refractivity contribution in [1.29, 1.82) is 0 Å². The molecule has 0 saturated carbocycles. The van der Waals surface area contributed by atoms with Crippen LogP contribution in [0.2, 0.25) is 0 Å². The lowest BCUT2D eigenvalue weighted by Gasteiger charge is -2.19. The average molecular weight is 389 g/mol. The van der Waals surface area contributed by atoms with Gasteiger partial charge in [0.15, 0.2) is 5.65 Å². The molecule has 0 amide bonds. The van der Waals surface area contributed by atoms with Crippen LogP contribution in [0.5, 0.6) is 17.4 Å². The maximum Gasteiger partial charge on any atom is 0.251 e. The van der Waals surface area contributed by atoms with Crippen molar-refractivity contribution in [3.05, 3.63) is 66.5 Å². The molecular formula is C22H23N5O2. The van der Waals surface area contributed by atoms with Crippen LogP contribution >= 0.6 is 0 Å². The Bertz CT molecular complexity index is 1120. The highest BCUT2D eigenvalue weighted by Crippen LogP contribution is 2.34. The third-order valence-corrected chi connectivity index (χ3v) is 4.38. The zero-order chi connectivity index (χ0) is 20.4. The van der Waals surface area contributed by atoms with Crippen molar-refractivity contribution in [2.24, 2.45) is 0 Å². The van der Waals surface area contributed by atoms with E-state index < -0.39 is 0 Å². The number of rotatable bonds is 5. The topological polar surface area (TPSA) is 88.1 Å². The molecule has 0 fully saturated rings. The summed E-state index contributed by atoms with van der Waals surface area (Å²) in [6, 6.07) is 17.4. The summed E-state index contributed by atoms with van der Waals surface area (Å²) in [7, 11) is 0. The smallest absolute Gasteiger partial charge is 0.251 e. The average Bonchev–Trinajstić information content (AvgIpc) is 3.08. The maximum atomic E-state index is 6.08. The molecule has 2 aromatic heterocycles. The number of nitrogens with two attached hydrogens (primary N) is 1. The summed E-state index contributed by atoms with van der Waals surface area (Å²) in [6.45, 7) is 6.64. The fourth-order valence-electron chi connectivity index (χ4n) is 2.94.